The van der Waals surface area contributed by atoms with E-state index in [0.717, 1.165) is 49.8 Å². The number of aromatic nitrogens is 3. The topological polar surface area (TPSA) is 75.2 Å². The number of piperazine rings is 1. The van der Waals surface area contributed by atoms with Crippen LogP contribution in [-0.2, 0) is 6.42 Å². The maximum atomic E-state index is 15.0. The molecule has 1 fully saturated rings. The molecule has 2 aliphatic rings. The highest BCUT2D eigenvalue weighted by Crippen LogP contribution is 2.37. The van der Waals surface area contributed by atoms with Gasteiger partial charge >= 0.3 is 0 Å². The van der Waals surface area contributed by atoms with Crippen molar-refractivity contribution in [3.63, 3.8) is 0 Å². The van der Waals surface area contributed by atoms with Gasteiger partial charge in [-0.1, -0.05) is 11.6 Å². The van der Waals surface area contributed by atoms with Crippen LogP contribution >= 0.6 is 0 Å². The predicted molar refractivity (Wildman–Crippen MR) is 118 cm³/mol. The van der Waals surface area contributed by atoms with E-state index in [2.05, 4.69) is 30.5 Å². The van der Waals surface area contributed by atoms with E-state index in [1.54, 1.807) is 25.3 Å². The minimum atomic E-state index is -0.947. The summed E-state index contributed by atoms with van der Waals surface area (Å²) >= 11 is 0. The van der Waals surface area contributed by atoms with Crippen molar-refractivity contribution < 1.29 is 17.9 Å². The Bertz CT molecular complexity index is 1230. The Morgan fingerprint density at radius 2 is 1.88 bits per heavy atom. The average Bonchev–Trinajstić information content (AvgIpc) is 3.23. The zero-order valence-electron chi connectivity index (χ0n) is 17.8. The molecule has 170 valence electrons. The number of pyridine rings is 1. The van der Waals surface area contributed by atoms with Crippen molar-refractivity contribution in [2.75, 3.05) is 36.4 Å². The van der Waals surface area contributed by atoms with E-state index < -0.39 is 29.1 Å². The zero-order valence-corrected chi connectivity index (χ0v) is 17.8. The van der Waals surface area contributed by atoms with Gasteiger partial charge in [-0.15, -0.1) is 0 Å². The van der Waals surface area contributed by atoms with Gasteiger partial charge in [0.15, 0.2) is 17.4 Å². The van der Waals surface area contributed by atoms with Gasteiger partial charge in [-0.3, -0.25) is 0 Å². The normalized spacial score (nSPS) is 15.3. The SMILES string of the molecule is CC1=Cc2c(F)c(Oc3ncnc(Nc4ccc(N5CCNCC5)cn4)c3F)cc(F)c2C1. The number of hydrogen-bond acceptors (Lipinski definition) is 7. The summed E-state index contributed by atoms with van der Waals surface area (Å²) in [6.45, 7) is 5.35. The molecular formula is C23H21F3N6O. The molecule has 0 saturated carbocycles. The van der Waals surface area contributed by atoms with E-state index in [1.165, 1.54) is 0 Å². The lowest BCUT2D eigenvalue weighted by molar-refractivity contribution is 0.393. The van der Waals surface area contributed by atoms with Gasteiger partial charge in [-0.2, -0.15) is 9.37 Å². The molecule has 5 rings (SSSR count). The molecule has 1 aliphatic heterocycles. The van der Waals surface area contributed by atoms with Gasteiger partial charge in [0.2, 0.25) is 5.82 Å². The first-order chi connectivity index (χ1) is 16.0. The highest BCUT2D eigenvalue weighted by Gasteiger charge is 2.24. The summed E-state index contributed by atoms with van der Waals surface area (Å²) in [4.78, 5) is 14.1. The Hall–Kier alpha value is -3.66. The third-order valence-electron chi connectivity index (χ3n) is 5.61. The Morgan fingerprint density at radius 1 is 1.06 bits per heavy atom. The van der Waals surface area contributed by atoms with Crippen molar-refractivity contribution in [3.05, 3.63) is 64.9 Å². The van der Waals surface area contributed by atoms with Crippen LogP contribution in [-0.4, -0.2) is 41.1 Å². The standard InChI is InChI=1S/C23H21F3N6O/c1-13-8-15-16(9-13)20(25)18(10-17(15)24)33-23-21(26)22(29-12-30-23)31-19-3-2-14(11-28-19)32-6-4-27-5-7-32/h2-3,9-12,27H,4-8H2,1H3,(H,28,29,30,31). The Balaban J connectivity index is 1.36. The first kappa shape index (κ1) is 21.2. The van der Waals surface area contributed by atoms with E-state index >= 15 is 0 Å². The molecule has 3 aromatic rings. The van der Waals surface area contributed by atoms with Crippen LogP contribution < -0.4 is 20.3 Å². The van der Waals surface area contributed by atoms with Crippen molar-refractivity contribution in [2.24, 2.45) is 0 Å². The van der Waals surface area contributed by atoms with Crippen LogP contribution in [0.1, 0.15) is 18.1 Å². The number of hydrogen-bond donors (Lipinski definition) is 2. The van der Waals surface area contributed by atoms with Gasteiger partial charge in [-0.25, -0.2) is 18.7 Å². The zero-order chi connectivity index (χ0) is 22.9. The summed E-state index contributed by atoms with van der Waals surface area (Å²) in [6.07, 6.45) is 4.65. The van der Waals surface area contributed by atoms with Crippen LogP contribution in [0.4, 0.5) is 30.5 Å². The van der Waals surface area contributed by atoms with E-state index in [9.17, 15) is 13.2 Å². The molecule has 2 aromatic heterocycles. The minimum absolute atomic E-state index is 0.115. The number of benzene rings is 1. The number of halogens is 3. The maximum absolute atomic E-state index is 15.0. The number of fused-ring (bicyclic) bond motifs is 1. The van der Waals surface area contributed by atoms with Gasteiger partial charge in [0, 0.05) is 43.4 Å². The van der Waals surface area contributed by atoms with Crippen LogP contribution in [0.25, 0.3) is 6.08 Å². The molecule has 0 amide bonds. The fraction of sp³-hybridized carbons (Fsp3) is 0.261. The molecule has 0 radical (unpaired) electrons. The van der Waals surface area contributed by atoms with Crippen molar-refractivity contribution >= 4 is 23.4 Å². The van der Waals surface area contributed by atoms with E-state index in [0.29, 0.717) is 12.2 Å². The van der Waals surface area contributed by atoms with E-state index in [1.807, 2.05) is 6.07 Å². The second-order valence-corrected chi connectivity index (χ2v) is 7.94. The van der Waals surface area contributed by atoms with Crippen LogP contribution in [0.15, 0.2) is 36.3 Å². The van der Waals surface area contributed by atoms with Crippen LogP contribution in [0.5, 0.6) is 11.6 Å². The molecule has 0 unspecified atom stereocenters. The summed E-state index contributed by atoms with van der Waals surface area (Å²) in [6, 6.07) is 4.50. The number of nitrogens with one attached hydrogen (secondary N) is 2. The molecule has 2 N–H and O–H groups in total. The smallest absolute Gasteiger partial charge is 0.261 e. The Kier molecular flexibility index (Phi) is 5.59. The first-order valence-corrected chi connectivity index (χ1v) is 10.5. The summed E-state index contributed by atoms with van der Waals surface area (Å²) in [5.74, 6) is -3.12. The van der Waals surface area contributed by atoms with Crippen LogP contribution in [0.2, 0.25) is 0 Å². The quantitative estimate of drug-likeness (QED) is 0.599. The van der Waals surface area contributed by atoms with Crippen molar-refractivity contribution in [1.82, 2.24) is 20.3 Å². The maximum Gasteiger partial charge on any atom is 0.261 e. The number of allylic oxidation sites excluding steroid dienone is 1. The molecule has 10 heteroatoms. The van der Waals surface area contributed by atoms with Crippen LogP contribution in [0.3, 0.4) is 0 Å². The molecule has 7 nitrogen and oxygen atoms in total. The van der Waals surface area contributed by atoms with E-state index in [4.69, 9.17) is 4.74 Å². The largest absolute Gasteiger partial charge is 0.433 e. The highest BCUT2D eigenvalue weighted by atomic mass is 19.1. The van der Waals surface area contributed by atoms with Gasteiger partial charge in [-0.05, 0) is 25.5 Å². The summed E-state index contributed by atoms with van der Waals surface area (Å²) < 4.78 is 49.6. The number of ether oxygens (including phenoxy) is 1. The van der Waals surface area contributed by atoms with Gasteiger partial charge in [0.25, 0.3) is 5.88 Å². The lowest BCUT2D eigenvalue weighted by Crippen LogP contribution is -2.43. The molecular weight excluding hydrogens is 433 g/mol. The molecule has 3 heterocycles. The third kappa shape index (κ3) is 4.21. The van der Waals surface area contributed by atoms with Gasteiger partial charge in [0.1, 0.15) is 18.0 Å². The minimum Gasteiger partial charge on any atom is -0.433 e. The van der Waals surface area contributed by atoms with Crippen molar-refractivity contribution in [2.45, 2.75) is 13.3 Å². The molecule has 0 atom stereocenters. The van der Waals surface area contributed by atoms with Crippen molar-refractivity contribution in [1.29, 1.82) is 0 Å². The lowest BCUT2D eigenvalue weighted by Gasteiger charge is -2.29. The van der Waals surface area contributed by atoms with Gasteiger partial charge < -0.3 is 20.3 Å². The number of anilines is 3. The molecule has 0 spiro atoms. The second-order valence-electron chi connectivity index (χ2n) is 7.94. The monoisotopic (exact) mass is 454 g/mol. The highest BCUT2D eigenvalue weighted by molar-refractivity contribution is 5.66. The molecule has 1 aliphatic carbocycles. The van der Waals surface area contributed by atoms with E-state index in [-0.39, 0.29) is 16.9 Å². The Labute approximate surface area is 188 Å². The number of rotatable bonds is 5. The molecule has 0 bridgehead atoms. The summed E-state index contributed by atoms with van der Waals surface area (Å²) in [5.41, 5.74) is 2.17. The summed E-state index contributed by atoms with van der Waals surface area (Å²) in [5, 5.41) is 6.07. The molecule has 1 aromatic carbocycles. The van der Waals surface area contributed by atoms with Crippen LogP contribution in [0, 0.1) is 17.5 Å². The number of nitrogens with zero attached hydrogens (tertiary/aromatic N) is 4. The molecule has 1 saturated heterocycles. The fourth-order valence-corrected chi connectivity index (χ4v) is 3.95. The average molecular weight is 454 g/mol. The van der Waals surface area contributed by atoms with Crippen molar-refractivity contribution in [3.8, 4) is 11.6 Å². The Morgan fingerprint density at radius 3 is 2.64 bits per heavy atom. The lowest BCUT2D eigenvalue weighted by atomic mass is 10.1. The second kappa shape index (κ2) is 8.70. The summed E-state index contributed by atoms with van der Waals surface area (Å²) in [7, 11) is 0. The first-order valence-electron chi connectivity index (χ1n) is 10.5. The van der Waals surface area contributed by atoms with Gasteiger partial charge in [0.05, 0.1) is 11.9 Å². The predicted octanol–water partition coefficient (Wildman–Crippen LogP) is 4.19. The fourth-order valence-electron chi connectivity index (χ4n) is 3.95. The third-order valence-corrected chi connectivity index (χ3v) is 5.61. The molecule has 33 heavy (non-hydrogen) atoms.